The second-order valence-electron chi connectivity index (χ2n) is 4.92. The molecule has 0 aliphatic rings. The molecule has 0 heterocycles. The zero-order chi connectivity index (χ0) is 14.2. The molecule has 0 radical (unpaired) electrons. The monoisotopic (exact) mass is 266 g/mol. The van der Waals surface area contributed by atoms with Crippen molar-refractivity contribution in [2.45, 2.75) is 78.1 Å². The molecule has 3 heteroatoms. The highest BCUT2D eigenvalue weighted by molar-refractivity contribution is 5.78. The van der Waals surface area contributed by atoms with Crippen LogP contribution in [0.15, 0.2) is 17.3 Å². The molecule has 0 aromatic carbocycles. The minimum atomic E-state index is 0.0173. The molecule has 0 aromatic rings. The number of nitrogens with one attached hydrogen (secondary N) is 1. The SMILES string of the molecule is C/C=C/C=N\NC(=O)CCCCCCCCCCC. The predicted octanol–water partition coefficient (Wildman–Crippen LogP) is 4.59. The van der Waals surface area contributed by atoms with E-state index in [1.54, 1.807) is 12.3 Å². The Bertz CT molecular complexity index is 259. The molecule has 0 bridgehead atoms. The molecule has 0 aliphatic heterocycles. The number of amides is 1. The van der Waals surface area contributed by atoms with Crippen LogP contribution < -0.4 is 5.43 Å². The summed E-state index contributed by atoms with van der Waals surface area (Å²) in [4.78, 5) is 11.4. The van der Waals surface area contributed by atoms with E-state index in [2.05, 4.69) is 17.5 Å². The lowest BCUT2D eigenvalue weighted by Crippen LogP contribution is -2.16. The molecule has 110 valence electrons. The molecule has 19 heavy (non-hydrogen) atoms. The van der Waals surface area contributed by atoms with Crippen LogP contribution in [0.3, 0.4) is 0 Å². The van der Waals surface area contributed by atoms with E-state index in [0.29, 0.717) is 6.42 Å². The topological polar surface area (TPSA) is 41.5 Å². The van der Waals surface area contributed by atoms with Crippen molar-refractivity contribution in [3.8, 4) is 0 Å². The lowest BCUT2D eigenvalue weighted by molar-refractivity contribution is -0.121. The summed E-state index contributed by atoms with van der Waals surface area (Å²) in [7, 11) is 0. The van der Waals surface area contributed by atoms with Crippen LogP contribution in [0.4, 0.5) is 0 Å². The Hall–Kier alpha value is -1.12. The molecule has 0 atom stereocenters. The maximum absolute atomic E-state index is 11.4. The summed E-state index contributed by atoms with van der Waals surface area (Å²) in [5, 5.41) is 3.81. The van der Waals surface area contributed by atoms with Gasteiger partial charge in [0, 0.05) is 12.6 Å². The summed E-state index contributed by atoms with van der Waals surface area (Å²) in [6, 6.07) is 0. The molecule has 0 unspecified atom stereocenters. The molecular weight excluding hydrogens is 236 g/mol. The van der Waals surface area contributed by atoms with Crippen LogP contribution in [0.25, 0.3) is 0 Å². The van der Waals surface area contributed by atoms with Crippen molar-refractivity contribution >= 4 is 12.1 Å². The fourth-order valence-electron chi connectivity index (χ4n) is 1.89. The molecule has 0 saturated carbocycles. The van der Waals surface area contributed by atoms with Crippen LogP contribution in [-0.4, -0.2) is 12.1 Å². The summed E-state index contributed by atoms with van der Waals surface area (Å²) in [5.74, 6) is 0.0173. The third-order valence-corrected chi connectivity index (χ3v) is 3.05. The molecule has 0 rings (SSSR count). The maximum atomic E-state index is 11.4. The van der Waals surface area contributed by atoms with E-state index in [0.717, 1.165) is 12.8 Å². The number of carbonyl (C=O) groups is 1. The van der Waals surface area contributed by atoms with Crippen molar-refractivity contribution < 1.29 is 4.79 Å². The van der Waals surface area contributed by atoms with Gasteiger partial charge in [0.2, 0.25) is 5.91 Å². The fraction of sp³-hybridized carbons (Fsp3) is 0.750. The van der Waals surface area contributed by atoms with Gasteiger partial charge < -0.3 is 0 Å². The van der Waals surface area contributed by atoms with Gasteiger partial charge in [-0.15, -0.1) is 0 Å². The Labute approximate surface area is 118 Å². The van der Waals surface area contributed by atoms with Crippen LogP contribution >= 0.6 is 0 Å². The number of unbranched alkanes of at least 4 members (excludes halogenated alkanes) is 8. The zero-order valence-electron chi connectivity index (χ0n) is 12.7. The summed E-state index contributed by atoms with van der Waals surface area (Å²) in [6.45, 7) is 4.16. The van der Waals surface area contributed by atoms with Gasteiger partial charge in [-0.3, -0.25) is 4.79 Å². The van der Waals surface area contributed by atoms with Gasteiger partial charge >= 0.3 is 0 Å². The normalized spacial score (nSPS) is 11.5. The van der Waals surface area contributed by atoms with E-state index < -0.39 is 0 Å². The summed E-state index contributed by atoms with van der Waals surface area (Å²) in [5.41, 5.74) is 2.52. The molecule has 3 nitrogen and oxygen atoms in total. The average Bonchev–Trinajstić information content (AvgIpc) is 2.42. The van der Waals surface area contributed by atoms with E-state index in [1.807, 2.05) is 13.0 Å². The number of carbonyl (C=O) groups excluding carboxylic acids is 1. The van der Waals surface area contributed by atoms with Crippen molar-refractivity contribution in [3.63, 3.8) is 0 Å². The molecule has 0 saturated heterocycles. The number of allylic oxidation sites excluding steroid dienone is 2. The Kier molecular flexibility index (Phi) is 14.1. The first-order valence-corrected chi connectivity index (χ1v) is 7.74. The fourth-order valence-corrected chi connectivity index (χ4v) is 1.89. The standard InChI is InChI=1S/C16H30N2O/c1-3-5-7-8-9-10-11-12-13-14-16(19)18-17-15-6-4-2/h4,6,15H,3,5,7-14H2,1-2H3,(H,18,19)/b6-4+,17-15-. The molecule has 1 amide bonds. The lowest BCUT2D eigenvalue weighted by atomic mass is 10.1. The van der Waals surface area contributed by atoms with Gasteiger partial charge in [0.15, 0.2) is 0 Å². The average molecular weight is 266 g/mol. The van der Waals surface area contributed by atoms with Gasteiger partial charge in [-0.25, -0.2) is 5.43 Å². The summed E-state index contributed by atoms with van der Waals surface area (Å²) < 4.78 is 0. The van der Waals surface area contributed by atoms with Crippen LogP contribution in [0, 0.1) is 0 Å². The van der Waals surface area contributed by atoms with Crippen LogP contribution in [-0.2, 0) is 4.79 Å². The molecule has 0 spiro atoms. The number of rotatable bonds is 12. The van der Waals surface area contributed by atoms with Crippen LogP contribution in [0.2, 0.25) is 0 Å². The highest BCUT2D eigenvalue weighted by atomic mass is 16.2. The minimum absolute atomic E-state index is 0.0173. The van der Waals surface area contributed by atoms with Crippen LogP contribution in [0.1, 0.15) is 78.1 Å². The van der Waals surface area contributed by atoms with E-state index in [-0.39, 0.29) is 5.91 Å². The van der Waals surface area contributed by atoms with Crippen molar-refractivity contribution in [3.05, 3.63) is 12.2 Å². The van der Waals surface area contributed by atoms with Crippen molar-refractivity contribution in [1.29, 1.82) is 0 Å². The minimum Gasteiger partial charge on any atom is -0.273 e. The Balaban J connectivity index is 3.23. The number of hydrogen-bond donors (Lipinski definition) is 1. The number of nitrogens with zero attached hydrogens (tertiary/aromatic N) is 1. The molecule has 1 N–H and O–H groups in total. The van der Waals surface area contributed by atoms with Gasteiger partial charge in [0.25, 0.3) is 0 Å². The predicted molar refractivity (Wildman–Crippen MR) is 83.3 cm³/mol. The highest BCUT2D eigenvalue weighted by Gasteiger charge is 1.98. The molecule has 0 aromatic heterocycles. The Morgan fingerprint density at radius 1 is 1.00 bits per heavy atom. The van der Waals surface area contributed by atoms with Gasteiger partial charge in [-0.2, -0.15) is 5.10 Å². The van der Waals surface area contributed by atoms with Crippen LogP contribution in [0.5, 0.6) is 0 Å². The third-order valence-electron chi connectivity index (χ3n) is 3.05. The summed E-state index contributed by atoms with van der Waals surface area (Å²) >= 11 is 0. The van der Waals surface area contributed by atoms with Gasteiger partial charge in [0.1, 0.15) is 0 Å². The second kappa shape index (κ2) is 14.9. The van der Waals surface area contributed by atoms with Gasteiger partial charge in [0.05, 0.1) is 0 Å². The Morgan fingerprint density at radius 2 is 1.58 bits per heavy atom. The van der Waals surface area contributed by atoms with E-state index >= 15 is 0 Å². The van der Waals surface area contributed by atoms with Crippen molar-refractivity contribution in [2.24, 2.45) is 5.10 Å². The number of hydrogen-bond acceptors (Lipinski definition) is 2. The van der Waals surface area contributed by atoms with E-state index in [4.69, 9.17) is 0 Å². The molecular formula is C16H30N2O. The van der Waals surface area contributed by atoms with E-state index in [9.17, 15) is 4.79 Å². The highest BCUT2D eigenvalue weighted by Crippen LogP contribution is 2.10. The Morgan fingerprint density at radius 3 is 2.16 bits per heavy atom. The summed E-state index contributed by atoms with van der Waals surface area (Å²) in [6.07, 6.45) is 17.3. The first-order valence-electron chi connectivity index (χ1n) is 7.74. The first-order chi connectivity index (χ1) is 9.31. The van der Waals surface area contributed by atoms with Crippen molar-refractivity contribution in [2.75, 3.05) is 0 Å². The van der Waals surface area contributed by atoms with Gasteiger partial charge in [-0.1, -0.05) is 64.4 Å². The van der Waals surface area contributed by atoms with Gasteiger partial charge in [-0.05, 0) is 19.4 Å². The van der Waals surface area contributed by atoms with Crippen molar-refractivity contribution in [1.82, 2.24) is 5.43 Å². The zero-order valence-corrected chi connectivity index (χ0v) is 12.7. The van der Waals surface area contributed by atoms with E-state index in [1.165, 1.54) is 44.9 Å². The first kappa shape index (κ1) is 17.9. The quantitative estimate of drug-likeness (QED) is 0.313. The number of hydrazone groups is 1. The largest absolute Gasteiger partial charge is 0.273 e. The third kappa shape index (κ3) is 14.8. The maximum Gasteiger partial charge on any atom is 0.240 e. The lowest BCUT2D eigenvalue weighted by Gasteiger charge is -2.01. The molecule has 0 aliphatic carbocycles. The molecule has 0 fully saturated rings. The smallest absolute Gasteiger partial charge is 0.240 e. The second-order valence-corrected chi connectivity index (χ2v) is 4.92.